The van der Waals surface area contributed by atoms with E-state index in [0.29, 0.717) is 6.42 Å². The summed E-state index contributed by atoms with van der Waals surface area (Å²) < 4.78 is 1.07. The summed E-state index contributed by atoms with van der Waals surface area (Å²) >= 11 is 2.26. The van der Waals surface area contributed by atoms with Gasteiger partial charge in [0.2, 0.25) is 0 Å². The van der Waals surface area contributed by atoms with E-state index in [1.165, 1.54) is 0 Å². The molecule has 0 saturated heterocycles. The van der Waals surface area contributed by atoms with Gasteiger partial charge in [-0.3, -0.25) is 4.79 Å². The smallest absolute Gasteiger partial charge is 0.320 e. The molecule has 0 aromatic rings. The molecule has 4 heteroatoms. The molecule has 0 heterocycles. The SMILES string of the molecule is N[C@@H](CCCCI)C(=O)O. The molecule has 1 atom stereocenters. The lowest BCUT2D eigenvalue weighted by Gasteiger charge is -2.03. The highest BCUT2D eigenvalue weighted by Gasteiger charge is 2.09. The Bertz CT molecular complexity index is 108. The Morgan fingerprint density at radius 3 is 2.60 bits per heavy atom. The van der Waals surface area contributed by atoms with Crippen molar-refractivity contribution >= 4 is 28.6 Å². The molecule has 0 spiro atoms. The molecule has 0 radical (unpaired) electrons. The number of carbonyl (C=O) groups is 1. The first-order valence-electron chi connectivity index (χ1n) is 3.23. The zero-order valence-electron chi connectivity index (χ0n) is 5.72. The van der Waals surface area contributed by atoms with E-state index >= 15 is 0 Å². The van der Waals surface area contributed by atoms with Crippen molar-refractivity contribution in [2.24, 2.45) is 5.73 Å². The number of carboxylic acids is 1. The summed E-state index contributed by atoms with van der Waals surface area (Å²) in [7, 11) is 0. The van der Waals surface area contributed by atoms with Crippen LogP contribution in [0.2, 0.25) is 0 Å². The molecule has 0 unspecified atom stereocenters. The van der Waals surface area contributed by atoms with Crippen molar-refractivity contribution in [1.82, 2.24) is 0 Å². The van der Waals surface area contributed by atoms with Crippen LogP contribution in [-0.2, 0) is 4.79 Å². The molecule has 0 saturated carbocycles. The third kappa shape index (κ3) is 4.99. The highest BCUT2D eigenvalue weighted by atomic mass is 127. The summed E-state index contributed by atoms with van der Waals surface area (Å²) in [5, 5.41) is 8.35. The van der Waals surface area contributed by atoms with Crippen molar-refractivity contribution in [1.29, 1.82) is 0 Å². The van der Waals surface area contributed by atoms with Gasteiger partial charge in [-0.2, -0.15) is 0 Å². The Kier molecular flexibility index (Phi) is 6.00. The molecule has 60 valence electrons. The van der Waals surface area contributed by atoms with Crippen LogP contribution in [0.1, 0.15) is 19.3 Å². The maximum Gasteiger partial charge on any atom is 0.320 e. The number of alkyl halides is 1. The van der Waals surface area contributed by atoms with Crippen LogP contribution >= 0.6 is 22.6 Å². The summed E-state index contributed by atoms with van der Waals surface area (Å²) in [6.45, 7) is 0. The van der Waals surface area contributed by atoms with Gasteiger partial charge in [-0.25, -0.2) is 0 Å². The molecule has 0 aliphatic heterocycles. The molecule has 0 aromatic carbocycles. The minimum Gasteiger partial charge on any atom is -0.480 e. The van der Waals surface area contributed by atoms with Crippen LogP contribution in [0.25, 0.3) is 0 Å². The van der Waals surface area contributed by atoms with Crippen LogP contribution in [0.5, 0.6) is 0 Å². The molecule has 0 fully saturated rings. The zero-order chi connectivity index (χ0) is 7.98. The van der Waals surface area contributed by atoms with Gasteiger partial charge >= 0.3 is 5.97 Å². The molecular weight excluding hydrogens is 245 g/mol. The van der Waals surface area contributed by atoms with E-state index in [-0.39, 0.29) is 0 Å². The topological polar surface area (TPSA) is 63.3 Å². The van der Waals surface area contributed by atoms with E-state index in [9.17, 15) is 4.79 Å². The van der Waals surface area contributed by atoms with E-state index in [4.69, 9.17) is 10.8 Å². The third-order valence-corrected chi connectivity index (χ3v) is 1.98. The highest BCUT2D eigenvalue weighted by molar-refractivity contribution is 14.1. The van der Waals surface area contributed by atoms with Gasteiger partial charge in [-0.1, -0.05) is 29.0 Å². The lowest BCUT2D eigenvalue weighted by atomic mass is 10.1. The molecule has 0 aromatic heterocycles. The minimum absolute atomic E-state index is 0.596. The number of hydrogen-bond acceptors (Lipinski definition) is 2. The van der Waals surface area contributed by atoms with Gasteiger partial charge in [0, 0.05) is 0 Å². The summed E-state index contributed by atoms with van der Waals surface area (Å²) in [5.41, 5.74) is 5.26. The van der Waals surface area contributed by atoms with Crippen molar-refractivity contribution in [2.75, 3.05) is 4.43 Å². The van der Waals surface area contributed by atoms with Crippen LogP contribution in [0.4, 0.5) is 0 Å². The number of rotatable bonds is 5. The van der Waals surface area contributed by atoms with Gasteiger partial charge in [0.1, 0.15) is 6.04 Å². The second kappa shape index (κ2) is 5.91. The zero-order valence-corrected chi connectivity index (χ0v) is 7.87. The fraction of sp³-hybridized carbons (Fsp3) is 0.833. The first-order valence-corrected chi connectivity index (χ1v) is 4.75. The van der Waals surface area contributed by atoms with Gasteiger partial charge in [-0.05, 0) is 17.3 Å². The standard InChI is InChI=1S/C6H12INO2/c7-4-2-1-3-5(8)6(9)10/h5H,1-4,8H2,(H,9,10)/t5-/m0/s1. The van der Waals surface area contributed by atoms with E-state index in [2.05, 4.69) is 22.6 Å². The number of unbranched alkanes of at least 4 members (excludes halogenated alkanes) is 1. The predicted octanol–water partition coefficient (Wildman–Crippen LogP) is 1.00. The fourth-order valence-corrected chi connectivity index (χ4v) is 1.12. The molecule has 3 N–H and O–H groups in total. The molecule has 10 heavy (non-hydrogen) atoms. The largest absolute Gasteiger partial charge is 0.480 e. The van der Waals surface area contributed by atoms with Crippen LogP contribution < -0.4 is 5.73 Å². The number of nitrogens with two attached hydrogens (primary N) is 1. The second-order valence-corrected chi connectivity index (χ2v) is 3.21. The van der Waals surface area contributed by atoms with E-state index in [1.54, 1.807) is 0 Å². The Labute approximate surface area is 74.1 Å². The van der Waals surface area contributed by atoms with E-state index < -0.39 is 12.0 Å². The number of halogens is 1. The number of carboxylic acid groups (broad SMARTS) is 1. The normalized spacial score (nSPS) is 13.0. The maximum absolute atomic E-state index is 10.2. The van der Waals surface area contributed by atoms with E-state index in [1.807, 2.05) is 0 Å². The second-order valence-electron chi connectivity index (χ2n) is 2.13. The fourth-order valence-electron chi connectivity index (χ4n) is 0.582. The maximum atomic E-state index is 10.2. The first-order chi connectivity index (χ1) is 4.68. The summed E-state index contributed by atoms with van der Waals surface area (Å²) in [6.07, 6.45) is 2.57. The van der Waals surface area contributed by atoms with Crippen molar-refractivity contribution in [2.45, 2.75) is 25.3 Å². The molecular formula is C6H12INO2. The Morgan fingerprint density at radius 1 is 1.60 bits per heavy atom. The Balaban J connectivity index is 3.21. The number of hydrogen-bond donors (Lipinski definition) is 2. The van der Waals surface area contributed by atoms with Gasteiger partial charge in [-0.15, -0.1) is 0 Å². The van der Waals surface area contributed by atoms with Gasteiger partial charge in [0.25, 0.3) is 0 Å². The average Bonchev–Trinajstić information content (AvgIpc) is 1.88. The van der Waals surface area contributed by atoms with Crippen LogP contribution in [0, 0.1) is 0 Å². The van der Waals surface area contributed by atoms with Gasteiger partial charge in [0.05, 0.1) is 0 Å². The van der Waals surface area contributed by atoms with Gasteiger partial charge in [0.15, 0.2) is 0 Å². The summed E-state index contributed by atoms with van der Waals surface area (Å²) in [6, 6.07) is -0.664. The molecule has 0 amide bonds. The third-order valence-electron chi connectivity index (χ3n) is 1.22. The lowest BCUT2D eigenvalue weighted by Crippen LogP contribution is -2.29. The monoisotopic (exact) mass is 257 g/mol. The van der Waals surface area contributed by atoms with Crippen LogP contribution in [-0.4, -0.2) is 21.5 Å². The quantitative estimate of drug-likeness (QED) is 0.439. The van der Waals surface area contributed by atoms with Crippen molar-refractivity contribution < 1.29 is 9.90 Å². The minimum atomic E-state index is -0.895. The Morgan fingerprint density at radius 2 is 2.20 bits per heavy atom. The number of aliphatic carboxylic acids is 1. The van der Waals surface area contributed by atoms with E-state index in [0.717, 1.165) is 17.3 Å². The van der Waals surface area contributed by atoms with Crippen molar-refractivity contribution in [3.8, 4) is 0 Å². The molecule has 0 aliphatic carbocycles. The summed E-state index contributed by atoms with van der Waals surface area (Å²) in [5.74, 6) is -0.895. The van der Waals surface area contributed by atoms with Crippen LogP contribution in [0.15, 0.2) is 0 Å². The highest BCUT2D eigenvalue weighted by Crippen LogP contribution is 2.01. The molecule has 0 bridgehead atoms. The molecule has 0 rings (SSSR count). The summed E-state index contributed by atoms with van der Waals surface area (Å²) in [4.78, 5) is 10.2. The average molecular weight is 257 g/mol. The van der Waals surface area contributed by atoms with Crippen LogP contribution in [0.3, 0.4) is 0 Å². The van der Waals surface area contributed by atoms with Crippen molar-refractivity contribution in [3.05, 3.63) is 0 Å². The van der Waals surface area contributed by atoms with Gasteiger partial charge < -0.3 is 10.8 Å². The first kappa shape index (κ1) is 10.2. The van der Waals surface area contributed by atoms with Crippen molar-refractivity contribution in [3.63, 3.8) is 0 Å². The Hall–Kier alpha value is 0.160. The molecule has 3 nitrogen and oxygen atoms in total. The predicted molar refractivity (Wildman–Crippen MR) is 48.3 cm³/mol. The molecule has 0 aliphatic rings. The lowest BCUT2D eigenvalue weighted by molar-refractivity contribution is -0.138.